The molecule has 0 fully saturated rings. The van der Waals surface area contributed by atoms with Gasteiger partial charge < -0.3 is 34.0 Å². The van der Waals surface area contributed by atoms with E-state index < -0.39 is 0 Å². The summed E-state index contributed by atoms with van der Waals surface area (Å²) in [6, 6.07) is 7.34. The third kappa shape index (κ3) is 11.6. The van der Waals surface area contributed by atoms with Crippen LogP contribution in [0, 0.1) is 55.4 Å². The van der Waals surface area contributed by atoms with Crippen LogP contribution in [0.15, 0.2) is 12.1 Å². The third-order valence-electron chi connectivity index (χ3n) is 4.93. The number of halogens is 2. The van der Waals surface area contributed by atoms with Crippen LogP contribution in [0.2, 0.25) is 12.1 Å². The van der Waals surface area contributed by atoms with Crippen molar-refractivity contribution >= 4 is 9.52 Å². The molecule has 2 rings (SSSR count). The zero-order chi connectivity index (χ0) is 18.2. The van der Waals surface area contributed by atoms with E-state index >= 15 is 0 Å². The summed E-state index contributed by atoms with van der Waals surface area (Å²) in [6.45, 7) is 21.9. The molecule has 147 valence electrons. The van der Waals surface area contributed by atoms with Crippen molar-refractivity contribution in [2.75, 3.05) is 0 Å². The van der Waals surface area contributed by atoms with Crippen molar-refractivity contribution in [2.45, 2.75) is 81.3 Å². The molecule has 0 heterocycles. The van der Waals surface area contributed by atoms with Crippen LogP contribution in [0.1, 0.15) is 58.4 Å². The Morgan fingerprint density at radius 3 is 1.00 bits per heavy atom. The maximum Gasteiger partial charge on any atom is 4.00 e. The summed E-state index contributed by atoms with van der Waals surface area (Å²) in [6.07, 6.45) is 0. The molecule has 0 N–H and O–H groups in total. The maximum atomic E-state index is 2.25. The van der Waals surface area contributed by atoms with E-state index in [9.17, 15) is 0 Å². The normalized spacial score (nSPS) is 8.69. The van der Waals surface area contributed by atoms with Crippen molar-refractivity contribution in [1.29, 1.82) is 0 Å². The molecule has 0 atom stereocenters. The molecule has 0 nitrogen and oxygen atoms in total. The fourth-order valence-corrected chi connectivity index (χ4v) is 3.13. The monoisotopic (exact) mass is 577 g/mol. The minimum atomic E-state index is 0. The topological polar surface area (TPSA) is 0 Å². The third-order valence-corrected chi connectivity index (χ3v) is 6.09. The number of hydrogen-bond donors (Lipinski definition) is 0. The van der Waals surface area contributed by atoms with Crippen LogP contribution >= 0.6 is 0 Å². The predicted molar refractivity (Wildman–Crippen MR) is 110 cm³/mol. The number of hydrogen-bond acceptors (Lipinski definition) is 0. The molecule has 0 aliphatic carbocycles. The van der Waals surface area contributed by atoms with Gasteiger partial charge >= 0.3 is 26.2 Å². The van der Waals surface area contributed by atoms with Gasteiger partial charge in [-0.25, -0.2) is 0 Å². The first-order chi connectivity index (χ1) is 10.7. The maximum absolute atomic E-state index is 2.25. The van der Waals surface area contributed by atoms with Crippen LogP contribution in [0.25, 0.3) is 0 Å². The van der Waals surface area contributed by atoms with Crippen molar-refractivity contribution in [3.05, 3.63) is 56.6 Å². The quantitative estimate of drug-likeness (QED) is 0.361. The molecule has 0 unspecified atom stereocenters. The average Bonchev–Trinajstić information content (AvgIpc) is 2.86. The summed E-state index contributed by atoms with van der Waals surface area (Å²) < 4.78 is 0. The van der Waals surface area contributed by atoms with Crippen LogP contribution in [-0.2, 0) is 26.2 Å². The van der Waals surface area contributed by atoms with Gasteiger partial charge in [0.25, 0.3) is 0 Å². The van der Waals surface area contributed by atoms with Gasteiger partial charge in [0.1, 0.15) is 0 Å². The van der Waals surface area contributed by atoms with E-state index in [0.717, 1.165) is 9.52 Å². The molecule has 0 aromatic heterocycles. The second-order valence-corrected chi connectivity index (χ2v) is 8.84. The number of rotatable bonds is 2. The second kappa shape index (κ2) is 17.8. The first-order valence-corrected chi connectivity index (χ1v) is 10.5. The van der Waals surface area contributed by atoms with Gasteiger partial charge in [-0.15, -0.1) is 0 Å². The molecule has 0 saturated heterocycles. The molecular formula is C22H37Br2SiZr. The minimum Gasteiger partial charge on any atom is -1.00 e. The smallest absolute Gasteiger partial charge is 1.00 e. The standard InChI is InChI=1S/2C9H13.C4H11Si.2BrH.Zr/c2*1-6-5-7(2)9(4)8(6)3;1-3-5-4-2;;;/h2*5H,1-4H3;5H,3-4H2,1-2H3;2*1H;/q2*-1;;;;+4/p-2. The summed E-state index contributed by atoms with van der Waals surface area (Å²) in [5, 5.41) is 0. The Bertz CT molecular complexity index is 501. The number of aryl methyl sites for hydroxylation is 4. The molecule has 0 aliphatic rings. The van der Waals surface area contributed by atoms with Crippen molar-refractivity contribution in [3.8, 4) is 0 Å². The van der Waals surface area contributed by atoms with E-state index in [-0.39, 0.29) is 60.2 Å². The summed E-state index contributed by atoms with van der Waals surface area (Å²) in [5.41, 5.74) is 11.5. The largest absolute Gasteiger partial charge is 4.00 e. The summed E-state index contributed by atoms with van der Waals surface area (Å²) in [5.74, 6) is 0. The van der Waals surface area contributed by atoms with E-state index in [1.165, 1.54) is 56.6 Å². The summed E-state index contributed by atoms with van der Waals surface area (Å²) in [7, 11) is 0.815. The van der Waals surface area contributed by atoms with Crippen LogP contribution in [0.5, 0.6) is 0 Å². The van der Waals surface area contributed by atoms with Crippen LogP contribution in [0.4, 0.5) is 0 Å². The first-order valence-electron chi connectivity index (χ1n) is 8.89. The van der Waals surface area contributed by atoms with Crippen molar-refractivity contribution in [1.82, 2.24) is 0 Å². The van der Waals surface area contributed by atoms with Crippen LogP contribution < -0.4 is 34.0 Å². The Morgan fingerprint density at radius 1 is 0.692 bits per heavy atom. The van der Waals surface area contributed by atoms with Gasteiger partial charge in [0.05, 0.1) is 0 Å². The Labute approximate surface area is 206 Å². The van der Waals surface area contributed by atoms with Crippen molar-refractivity contribution < 1.29 is 60.2 Å². The van der Waals surface area contributed by atoms with Crippen LogP contribution in [-0.4, -0.2) is 9.52 Å². The fraction of sp³-hybridized carbons (Fsp3) is 0.545. The molecule has 2 aromatic carbocycles. The summed E-state index contributed by atoms with van der Waals surface area (Å²) in [4.78, 5) is 0. The minimum absolute atomic E-state index is 0. The average molecular weight is 581 g/mol. The molecule has 2 aromatic rings. The van der Waals surface area contributed by atoms with Crippen LogP contribution in [0.3, 0.4) is 0 Å². The van der Waals surface area contributed by atoms with E-state index in [1.54, 1.807) is 0 Å². The molecule has 0 saturated carbocycles. The zero-order valence-corrected chi connectivity index (χ0v) is 25.2. The molecule has 26 heavy (non-hydrogen) atoms. The Morgan fingerprint density at radius 2 is 0.962 bits per heavy atom. The van der Waals surface area contributed by atoms with E-state index in [2.05, 4.69) is 81.4 Å². The van der Waals surface area contributed by atoms with Gasteiger partial charge in [-0.1, -0.05) is 81.3 Å². The molecular weight excluding hydrogens is 543 g/mol. The Kier molecular flexibility index (Phi) is 23.5. The van der Waals surface area contributed by atoms with Gasteiger partial charge in [-0.3, -0.25) is 0 Å². The fourth-order valence-electron chi connectivity index (χ4n) is 2.55. The van der Waals surface area contributed by atoms with E-state index in [4.69, 9.17) is 0 Å². The van der Waals surface area contributed by atoms with E-state index in [1.807, 2.05) is 0 Å². The molecule has 0 bridgehead atoms. The molecule has 0 aliphatic heterocycles. The van der Waals surface area contributed by atoms with Gasteiger partial charge in [0.2, 0.25) is 0 Å². The van der Waals surface area contributed by atoms with Gasteiger partial charge in [-0.2, -0.15) is 56.6 Å². The van der Waals surface area contributed by atoms with Gasteiger partial charge in [-0.05, 0) is 0 Å². The van der Waals surface area contributed by atoms with Gasteiger partial charge in [0.15, 0.2) is 0 Å². The SMILES string of the molecule is CC[SiH]CC.Cc1c[c-](C)c(C)c1C.Cc1c[c-](C)c(C)c1C.[Br-].[Br-].[Zr+4]. The molecule has 4 heteroatoms. The molecule has 0 spiro atoms. The molecule has 1 radical (unpaired) electrons. The van der Waals surface area contributed by atoms with Crippen molar-refractivity contribution in [2.24, 2.45) is 0 Å². The summed E-state index contributed by atoms with van der Waals surface area (Å²) >= 11 is 0. The van der Waals surface area contributed by atoms with Crippen molar-refractivity contribution in [3.63, 3.8) is 0 Å². The zero-order valence-electron chi connectivity index (χ0n) is 18.4. The van der Waals surface area contributed by atoms with E-state index in [0.29, 0.717) is 0 Å². The molecule has 0 amide bonds. The Hall–Kier alpha value is 0.760. The Balaban J connectivity index is -0.000000137. The predicted octanol–water partition coefficient (Wildman–Crippen LogP) is 0.583. The first kappa shape index (κ1) is 34.3. The van der Waals surface area contributed by atoms with Gasteiger partial charge in [0, 0.05) is 9.52 Å². The second-order valence-electron chi connectivity index (χ2n) is 6.63.